The molecule has 0 saturated carbocycles. The molecular formula is C22H21FN4O2S. The number of nitrogens with one attached hydrogen (secondary N) is 1. The molecular weight excluding hydrogens is 403 g/mol. The molecule has 1 saturated heterocycles. The minimum absolute atomic E-state index is 0.0914. The van der Waals surface area contributed by atoms with Gasteiger partial charge < -0.3 is 10.2 Å². The molecule has 0 atom stereocenters. The molecule has 1 aliphatic heterocycles. The Morgan fingerprint density at radius 3 is 2.43 bits per heavy atom. The van der Waals surface area contributed by atoms with Crippen LogP contribution in [0.4, 0.5) is 9.52 Å². The van der Waals surface area contributed by atoms with Crippen molar-refractivity contribution in [2.75, 3.05) is 18.4 Å². The normalized spacial score (nSPS) is 14.5. The van der Waals surface area contributed by atoms with Gasteiger partial charge in [-0.25, -0.2) is 4.39 Å². The number of nitrogens with zero attached hydrogens (tertiary/aromatic N) is 3. The second-order valence-electron chi connectivity index (χ2n) is 7.23. The van der Waals surface area contributed by atoms with Crippen LogP contribution >= 0.6 is 11.3 Å². The number of rotatable bonds is 5. The van der Waals surface area contributed by atoms with E-state index in [1.54, 1.807) is 4.90 Å². The molecule has 0 bridgehead atoms. The van der Waals surface area contributed by atoms with Gasteiger partial charge in [-0.15, -0.1) is 10.2 Å². The number of benzene rings is 2. The van der Waals surface area contributed by atoms with Gasteiger partial charge in [0.05, 0.1) is 0 Å². The Labute approximate surface area is 177 Å². The van der Waals surface area contributed by atoms with Crippen molar-refractivity contribution in [3.05, 3.63) is 76.5 Å². The molecule has 0 unspecified atom stereocenters. The highest BCUT2D eigenvalue weighted by Crippen LogP contribution is 2.23. The van der Waals surface area contributed by atoms with Gasteiger partial charge in [0.1, 0.15) is 10.8 Å². The van der Waals surface area contributed by atoms with Crippen LogP contribution in [0.2, 0.25) is 0 Å². The Bertz CT molecular complexity index is 1020. The number of carbonyl (C=O) groups excluding carboxylic acids is 2. The zero-order valence-corrected chi connectivity index (χ0v) is 17.1. The van der Waals surface area contributed by atoms with E-state index in [2.05, 4.69) is 15.5 Å². The highest BCUT2D eigenvalue weighted by Gasteiger charge is 2.28. The number of hydrogen-bond donors (Lipinski definition) is 1. The molecule has 1 aromatic heterocycles. The highest BCUT2D eigenvalue weighted by molar-refractivity contribution is 7.15. The van der Waals surface area contributed by atoms with Crippen LogP contribution in [-0.2, 0) is 11.2 Å². The van der Waals surface area contributed by atoms with Crippen LogP contribution in [0, 0.1) is 11.7 Å². The SMILES string of the molecule is O=C(Nc1nnc(Cc2ccccc2)s1)C1CCN(C(=O)c2ccc(F)cc2)CC1. The summed E-state index contributed by atoms with van der Waals surface area (Å²) >= 11 is 1.37. The lowest BCUT2D eigenvalue weighted by Crippen LogP contribution is -2.41. The van der Waals surface area contributed by atoms with E-state index >= 15 is 0 Å². The summed E-state index contributed by atoms with van der Waals surface area (Å²) in [5, 5.41) is 12.4. The van der Waals surface area contributed by atoms with Crippen molar-refractivity contribution in [3.63, 3.8) is 0 Å². The number of piperidine rings is 1. The average Bonchev–Trinajstić information content (AvgIpc) is 3.21. The van der Waals surface area contributed by atoms with Crippen molar-refractivity contribution >= 4 is 28.3 Å². The fourth-order valence-corrected chi connectivity index (χ4v) is 4.25. The first-order valence-electron chi connectivity index (χ1n) is 9.80. The molecule has 2 amide bonds. The van der Waals surface area contributed by atoms with Crippen molar-refractivity contribution in [1.82, 2.24) is 15.1 Å². The summed E-state index contributed by atoms with van der Waals surface area (Å²) in [5.74, 6) is -0.774. The van der Waals surface area contributed by atoms with Gasteiger partial charge in [0.15, 0.2) is 0 Å². The van der Waals surface area contributed by atoms with Crippen LogP contribution in [0.1, 0.15) is 33.8 Å². The molecule has 0 aliphatic carbocycles. The Morgan fingerprint density at radius 1 is 1.03 bits per heavy atom. The third-order valence-corrected chi connectivity index (χ3v) is 5.98. The fraction of sp³-hybridized carbons (Fsp3) is 0.273. The molecule has 1 fully saturated rings. The number of aromatic nitrogens is 2. The smallest absolute Gasteiger partial charge is 0.253 e. The lowest BCUT2D eigenvalue weighted by molar-refractivity contribution is -0.121. The highest BCUT2D eigenvalue weighted by atomic mass is 32.1. The molecule has 6 nitrogen and oxygen atoms in total. The van der Waals surface area contributed by atoms with Gasteiger partial charge >= 0.3 is 0 Å². The van der Waals surface area contributed by atoms with Crippen LogP contribution in [-0.4, -0.2) is 40.0 Å². The molecule has 30 heavy (non-hydrogen) atoms. The van der Waals surface area contributed by atoms with Crippen LogP contribution in [0.15, 0.2) is 54.6 Å². The molecule has 8 heteroatoms. The standard InChI is InChI=1S/C22H21FN4O2S/c23-18-8-6-17(7-9-18)21(29)27-12-10-16(11-13-27)20(28)24-22-26-25-19(30-22)14-15-4-2-1-3-5-15/h1-9,16H,10-14H2,(H,24,26,28). The maximum atomic E-state index is 13.0. The predicted octanol–water partition coefficient (Wildman–Crippen LogP) is 3.76. The monoisotopic (exact) mass is 424 g/mol. The van der Waals surface area contributed by atoms with E-state index in [0.717, 1.165) is 10.6 Å². The topological polar surface area (TPSA) is 75.2 Å². The summed E-state index contributed by atoms with van der Waals surface area (Å²) < 4.78 is 13.0. The summed E-state index contributed by atoms with van der Waals surface area (Å²) in [6, 6.07) is 15.5. The van der Waals surface area contributed by atoms with Crippen molar-refractivity contribution in [2.24, 2.45) is 5.92 Å². The summed E-state index contributed by atoms with van der Waals surface area (Å²) in [4.78, 5) is 26.8. The van der Waals surface area contributed by atoms with E-state index in [9.17, 15) is 14.0 Å². The lowest BCUT2D eigenvalue weighted by Gasteiger charge is -2.31. The van der Waals surface area contributed by atoms with Gasteiger partial charge in [-0.1, -0.05) is 41.7 Å². The first-order valence-corrected chi connectivity index (χ1v) is 10.6. The molecule has 3 aromatic rings. The van der Waals surface area contributed by atoms with Gasteiger partial charge in [0.2, 0.25) is 11.0 Å². The molecule has 2 heterocycles. The van der Waals surface area contributed by atoms with Gasteiger partial charge in [-0.2, -0.15) is 0 Å². The van der Waals surface area contributed by atoms with Gasteiger partial charge in [0, 0.05) is 31.0 Å². The van der Waals surface area contributed by atoms with E-state index in [4.69, 9.17) is 0 Å². The molecule has 1 N–H and O–H groups in total. The lowest BCUT2D eigenvalue weighted by atomic mass is 9.95. The predicted molar refractivity (Wildman–Crippen MR) is 113 cm³/mol. The van der Waals surface area contributed by atoms with Crippen LogP contribution in [0.5, 0.6) is 0 Å². The van der Waals surface area contributed by atoms with E-state index < -0.39 is 0 Å². The Kier molecular flexibility index (Phi) is 6.13. The summed E-state index contributed by atoms with van der Waals surface area (Å²) in [7, 11) is 0. The Hall–Kier alpha value is -3.13. The zero-order valence-electron chi connectivity index (χ0n) is 16.3. The largest absolute Gasteiger partial charge is 0.339 e. The second-order valence-corrected chi connectivity index (χ2v) is 8.29. The molecule has 4 rings (SSSR count). The summed E-state index contributed by atoms with van der Waals surface area (Å²) in [6.45, 7) is 0.980. The summed E-state index contributed by atoms with van der Waals surface area (Å²) in [5.41, 5.74) is 1.60. The number of carbonyl (C=O) groups is 2. The molecule has 2 aromatic carbocycles. The number of halogens is 1. The van der Waals surface area contributed by atoms with Crippen molar-refractivity contribution in [2.45, 2.75) is 19.3 Å². The first kappa shape index (κ1) is 20.2. The Balaban J connectivity index is 1.28. The summed E-state index contributed by atoms with van der Waals surface area (Å²) in [6.07, 6.45) is 1.83. The fourth-order valence-electron chi connectivity index (χ4n) is 3.47. The molecule has 154 valence electrons. The molecule has 0 spiro atoms. The quantitative estimate of drug-likeness (QED) is 0.677. The maximum Gasteiger partial charge on any atom is 0.253 e. The van der Waals surface area contributed by atoms with E-state index in [1.807, 2.05) is 30.3 Å². The van der Waals surface area contributed by atoms with Gasteiger partial charge in [-0.3, -0.25) is 9.59 Å². The minimum atomic E-state index is -0.370. The van der Waals surface area contributed by atoms with E-state index in [1.165, 1.54) is 35.6 Å². The van der Waals surface area contributed by atoms with E-state index in [0.29, 0.717) is 43.0 Å². The number of anilines is 1. The molecule has 1 aliphatic rings. The van der Waals surface area contributed by atoms with Crippen molar-refractivity contribution in [1.29, 1.82) is 0 Å². The number of hydrogen-bond acceptors (Lipinski definition) is 5. The number of likely N-dealkylation sites (tertiary alicyclic amines) is 1. The van der Waals surface area contributed by atoms with Crippen LogP contribution < -0.4 is 5.32 Å². The molecule has 0 radical (unpaired) electrons. The van der Waals surface area contributed by atoms with Crippen LogP contribution in [0.25, 0.3) is 0 Å². The minimum Gasteiger partial charge on any atom is -0.339 e. The van der Waals surface area contributed by atoms with E-state index in [-0.39, 0.29) is 23.5 Å². The number of amides is 2. The first-order chi connectivity index (χ1) is 14.6. The third-order valence-electron chi connectivity index (χ3n) is 5.14. The van der Waals surface area contributed by atoms with Crippen molar-refractivity contribution in [3.8, 4) is 0 Å². The average molecular weight is 425 g/mol. The van der Waals surface area contributed by atoms with Crippen molar-refractivity contribution < 1.29 is 14.0 Å². The van der Waals surface area contributed by atoms with Gasteiger partial charge in [0.25, 0.3) is 5.91 Å². The Morgan fingerprint density at radius 2 is 1.73 bits per heavy atom. The van der Waals surface area contributed by atoms with Crippen LogP contribution in [0.3, 0.4) is 0 Å². The third kappa shape index (κ3) is 4.88. The second kappa shape index (κ2) is 9.13. The maximum absolute atomic E-state index is 13.0. The van der Waals surface area contributed by atoms with Gasteiger partial charge in [-0.05, 0) is 42.7 Å². The zero-order chi connectivity index (χ0) is 20.9.